The first-order valence-electron chi connectivity index (χ1n) is 21.3. The van der Waals surface area contributed by atoms with Crippen molar-refractivity contribution in [2.24, 2.45) is 0 Å². The third-order valence-electron chi connectivity index (χ3n) is 11.9. The van der Waals surface area contributed by atoms with Gasteiger partial charge in [0.25, 0.3) is 0 Å². The van der Waals surface area contributed by atoms with Crippen LogP contribution < -0.4 is 9.31 Å². The Morgan fingerprint density at radius 2 is 0.723 bits per heavy atom. The summed E-state index contributed by atoms with van der Waals surface area (Å²) in [6, 6.07) is 62.0. The molecule has 2 aliphatic rings. The first kappa shape index (κ1) is 39.9. The summed E-state index contributed by atoms with van der Waals surface area (Å²) in [6.45, 7) is 0. The van der Waals surface area contributed by atoms with E-state index in [0.29, 0.717) is 11.5 Å². The van der Waals surface area contributed by atoms with Crippen molar-refractivity contribution in [3.05, 3.63) is 205 Å². The number of nitrogens with zero attached hydrogens (tertiary/aromatic N) is 2. The molecule has 65 heavy (non-hydrogen) atoms. The van der Waals surface area contributed by atoms with Crippen molar-refractivity contribution in [1.29, 1.82) is 0 Å². The molecule has 2 aliphatic heterocycles. The van der Waals surface area contributed by atoms with Crippen molar-refractivity contribution in [2.45, 2.75) is 0 Å². The number of H-pyrrole nitrogens is 2. The number of fused-ring (bicyclic) bond motifs is 16. The summed E-state index contributed by atoms with van der Waals surface area (Å²) in [5.74, 6) is 1.14. The molecule has 13 rings (SSSR count). The van der Waals surface area contributed by atoms with Gasteiger partial charge in [0.15, 0.2) is 0 Å². The number of nitrogens with one attached hydrogen (secondary N) is 2. The summed E-state index contributed by atoms with van der Waals surface area (Å²) in [4.78, 5) is 16.0. The molecule has 0 atom stereocenters. The Morgan fingerprint density at radius 1 is 0.354 bits per heavy atom. The van der Waals surface area contributed by atoms with Gasteiger partial charge < -0.3 is 24.3 Å². The van der Waals surface area contributed by atoms with E-state index < -0.39 is 7.32 Å². The molecule has 0 fully saturated rings. The summed E-state index contributed by atoms with van der Waals surface area (Å²) in [5.41, 5.74) is 7.86. The van der Waals surface area contributed by atoms with E-state index in [2.05, 4.69) is 147 Å². The fourth-order valence-corrected chi connectivity index (χ4v) is 8.92. The molecule has 8 aromatic carbocycles. The molecule has 1 radical (unpaired) electrons. The number of aromatic nitrogens is 4. The maximum Gasteiger partial charge on any atom is 0.785 e. The molecule has 0 saturated heterocycles. The monoisotopic (exact) mass is 879 g/mol. The molecule has 0 spiro atoms. The Hall–Kier alpha value is -7.94. The second-order valence-electron chi connectivity index (χ2n) is 16.1. The van der Waals surface area contributed by atoms with E-state index in [0.717, 1.165) is 98.7 Å². The van der Waals surface area contributed by atoms with Crippen molar-refractivity contribution in [1.82, 2.24) is 19.9 Å². The predicted octanol–water partition coefficient (Wildman–Crippen LogP) is 13.7. The second-order valence-corrected chi connectivity index (χ2v) is 16.1. The maximum absolute atomic E-state index is 11.1. The van der Waals surface area contributed by atoms with Crippen LogP contribution in [0.25, 0.3) is 111 Å². The van der Waals surface area contributed by atoms with Crippen molar-refractivity contribution in [2.75, 3.05) is 0 Å². The normalized spacial score (nSPS) is 11.8. The molecular weight excluding hydrogens is 842 g/mol. The third-order valence-corrected chi connectivity index (χ3v) is 11.9. The van der Waals surface area contributed by atoms with Crippen molar-refractivity contribution < 1.29 is 31.4 Å². The van der Waals surface area contributed by atoms with E-state index in [1.807, 2.05) is 78.9 Å². The summed E-state index contributed by atoms with van der Waals surface area (Å²) in [5, 5.41) is 24.2. The Bertz CT molecular complexity index is 3660. The average Bonchev–Trinajstić information content (AvgIpc) is 4.15. The summed E-state index contributed by atoms with van der Waals surface area (Å²) < 4.78 is 12.2. The van der Waals surface area contributed by atoms with E-state index in [4.69, 9.17) is 9.31 Å². The number of hydrogen-bond acceptors (Lipinski definition) is 5. The van der Waals surface area contributed by atoms with Crippen LogP contribution in [0, 0.1) is 0 Å². The SMILES string of the molecule is C1=Cc2cc3ccc(cc4ccc(cc5nc(cc1n2)C=C5)[nH]4)[nH]3.OB(Oc1cccc2ccc3cc4ccccc4cc3c12)Oc1cccc2ccc3cc4ccccc4cc3c12.[Mn]. The molecule has 309 valence electrons. The van der Waals surface area contributed by atoms with Gasteiger partial charge in [-0.15, -0.1) is 0 Å². The molecule has 11 aromatic rings. The first-order chi connectivity index (χ1) is 31.5. The smallest absolute Gasteiger partial charge is 0.500 e. The molecule has 0 aliphatic carbocycles. The summed E-state index contributed by atoms with van der Waals surface area (Å²) in [7, 11) is -1.50. The zero-order chi connectivity index (χ0) is 42.6. The Balaban J connectivity index is 0.000000160. The van der Waals surface area contributed by atoms with Crippen molar-refractivity contribution in [3.63, 3.8) is 0 Å². The minimum absolute atomic E-state index is 0. The quantitative estimate of drug-likeness (QED) is 0.0930. The second kappa shape index (κ2) is 16.6. The fraction of sp³-hybridized carbons (Fsp3) is 0. The summed E-state index contributed by atoms with van der Waals surface area (Å²) >= 11 is 0. The molecule has 5 heterocycles. The summed E-state index contributed by atoms with van der Waals surface area (Å²) in [6.07, 6.45) is 8.05. The van der Waals surface area contributed by atoms with E-state index in [9.17, 15) is 5.02 Å². The van der Waals surface area contributed by atoms with Crippen LogP contribution in [0.4, 0.5) is 0 Å². The van der Waals surface area contributed by atoms with Crippen molar-refractivity contribution >= 4 is 118 Å². The average molecular weight is 880 g/mol. The maximum atomic E-state index is 11.1. The van der Waals surface area contributed by atoms with Gasteiger partial charge in [-0.1, -0.05) is 97.1 Å². The van der Waals surface area contributed by atoms with E-state index in [-0.39, 0.29) is 17.1 Å². The molecule has 3 N–H and O–H groups in total. The predicted molar refractivity (Wildman–Crippen MR) is 266 cm³/mol. The van der Waals surface area contributed by atoms with Crippen LogP contribution in [0.2, 0.25) is 0 Å². The standard InChI is InChI=1S/C36H23BO3.C20H14N4.Mn/c38-37(39-33-13-5-11-23-15-17-29-19-25-7-1-3-9-27(25)21-31(29)35(23)33)40-34-14-6-12-24-16-18-30-20-26-8-2-4-10-28(26)22-32(30)36(24)34;1-2-14-10-16-5-6-18(23-16)12-20-8-7-19(24-20)11-17-4-3-15(22-17)9-13(1)21-14;/h1-22,38H;1-12,21-22H;. The number of hydrogen-bond donors (Lipinski definition) is 3. The van der Waals surface area contributed by atoms with E-state index >= 15 is 0 Å². The van der Waals surface area contributed by atoms with Crippen LogP contribution in [-0.4, -0.2) is 32.3 Å². The van der Waals surface area contributed by atoms with Crippen LogP contribution in [0.5, 0.6) is 11.5 Å². The zero-order valence-electron chi connectivity index (χ0n) is 34.7. The zero-order valence-corrected chi connectivity index (χ0v) is 35.9. The van der Waals surface area contributed by atoms with Gasteiger partial charge in [-0.2, -0.15) is 0 Å². The van der Waals surface area contributed by atoms with Crippen LogP contribution >= 0.6 is 0 Å². The Kier molecular flexibility index (Phi) is 10.2. The van der Waals surface area contributed by atoms with Gasteiger partial charge in [0, 0.05) is 49.9 Å². The van der Waals surface area contributed by atoms with Gasteiger partial charge in [-0.3, -0.25) is 0 Å². The van der Waals surface area contributed by atoms with Gasteiger partial charge in [-0.05, 0) is 163 Å². The molecule has 0 amide bonds. The molecule has 7 nitrogen and oxygen atoms in total. The molecule has 9 heteroatoms. The van der Waals surface area contributed by atoms with Gasteiger partial charge in [0.2, 0.25) is 0 Å². The molecule has 3 aromatic heterocycles. The van der Waals surface area contributed by atoms with Gasteiger partial charge in [0.05, 0.1) is 22.8 Å². The van der Waals surface area contributed by atoms with Crippen LogP contribution in [0.15, 0.2) is 182 Å². The van der Waals surface area contributed by atoms with Crippen LogP contribution in [0.3, 0.4) is 0 Å². The van der Waals surface area contributed by atoms with E-state index in [1.165, 1.54) is 10.8 Å². The molecular formula is C56H37BMnN4O3. The third kappa shape index (κ3) is 7.90. The Morgan fingerprint density at radius 3 is 1.17 bits per heavy atom. The van der Waals surface area contributed by atoms with Gasteiger partial charge >= 0.3 is 7.32 Å². The minimum Gasteiger partial charge on any atom is -0.500 e. The first-order valence-corrected chi connectivity index (χ1v) is 21.3. The fourth-order valence-electron chi connectivity index (χ4n) is 8.92. The van der Waals surface area contributed by atoms with Crippen LogP contribution in [-0.2, 0) is 17.1 Å². The molecule has 0 saturated carbocycles. The van der Waals surface area contributed by atoms with Crippen LogP contribution in [0.1, 0.15) is 22.8 Å². The molecule has 8 bridgehead atoms. The number of rotatable bonds is 4. The van der Waals surface area contributed by atoms with Gasteiger partial charge in [-0.25, -0.2) is 9.97 Å². The topological polar surface area (TPSA) is 96.1 Å². The van der Waals surface area contributed by atoms with Crippen molar-refractivity contribution in [3.8, 4) is 11.5 Å². The molecule has 0 unspecified atom stereocenters. The van der Waals surface area contributed by atoms with E-state index in [1.54, 1.807) is 0 Å². The number of aromatic amines is 2. The largest absolute Gasteiger partial charge is 0.785 e. The Labute approximate surface area is 384 Å². The minimum atomic E-state index is -1.50. The van der Waals surface area contributed by atoms with Gasteiger partial charge in [0.1, 0.15) is 11.5 Å². The number of benzene rings is 8.